The number of fused-ring (bicyclic) bond motifs is 1. The minimum Gasteiger partial charge on any atom is -0.457 e. The summed E-state index contributed by atoms with van der Waals surface area (Å²) in [7, 11) is 2.22. The maximum absolute atomic E-state index is 6.40. The van der Waals surface area contributed by atoms with E-state index in [-0.39, 0.29) is 0 Å². The van der Waals surface area contributed by atoms with Crippen LogP contribution in [0.25, 0.3) is 22.2 Å². The van der Waals surface area contributed by atoms with Crippen molar-refractivity contribution in [3.63, 3.8) is 0 Å². The lowest BCUT2D eigenvalue weighted by molar-refractivity contribution is 0.0816. The fourth-order valence-electron chi connectivity index (χ4n) is 5.75. The molecule has 0 amide bonds. The maximum Gasteiger partial charge on any atom is 0.135 e. The maximum atomic E-state index is 6.40. The van der Waals surface area contributed by atoms with E-state index < -0.39 is 0 Å². The molecule has 4 aromatic rings. The third kappa shape index (κ3) is 4.56. The molecule has 7 heteroatoms. The molecule has 0 atom stereocenters. The fraction of sp³-hybridized carbons (Fsp3) is 0.379. The molecule has 2 aromatic carbocycles. The molecule has 1 saturated carbocycles. The summed E-state index contributed by atoms with van der Waals surface area (Å²) >= 11 is 0. The van der Waals surface area contributed by atoms with Crippen LogP contribution in [0.2, 0.25) is 0 Å². The average Bonchev–Trinajstić information content (AvgIpc) is 3.31. The Hall–Kier alpha value is -3.42. The summed E-state index contributed by atoms with van der Waals surface area (Å²) in [5, 5.41) is 6.08. The lowest BCUT2D eigenvalue weighted by Gasteiger charge is -2.41. The Morgan fingerprint density at radius 3 is 2.19 bits per heavy atom. The number of benzene rings is 2. The number of piperazine rings is 1. The van der Waals surface area contributed by atoms with E-state index >= 15 is 0 Å². The van der Waals surface area contributed by atoms with Gasteiger partial charge in [0.25, 0.3) is 0 Å². The molecule has 2 aliphatic rings. The van der Waals surface area contributed by atoms with Gasteiger partial charge in [0.05, 0.1) is 16.9 Å². The summed E-state index contributed by atoms with van der Waals surface area (Å²) < 4.78 is 8.20. The number of hydrogen-bond acceptors (Lipinski definition) is 6. The zero-order chi connectivity index (χ0) is 24.5. The third-order valence-electron chi connectivity index (χ3n) is 7.82. The molecule has 2 fully saturated rings. The number of likely N-dealkylation sites (N-methyl/N-ethyl adjacent to an activating group) is 1. The van der Waals surface area contributed by atoms with Crippen molar-refractivity contribution in [2.24, 2.45) is 0 Å². The smallest absolute Gasteiger partial charge is 0.135 e. The largest absolute Gasteiger partial charge is 0.457 e. The molecule has 2 aromatic heterocycles. The standard InChI is InChI=1S/C29H34N6O/c1-33-17-19-34(20-18-33)22-9-11-23(12-10-22)35-26-15-16-31-29(30)27(26)28(32-35)21-7-13-25(14-8-21)36-24-5-3-2-4-6-24/h2-8,13-16,22-23H,9-12,17-20H2,1H3,(H2,30,31)/t22-,23-. The van der Waals surface area contributed by atoms with Crippen LogP contribution in [-0.4, -0.2) is 63.8 Å². The Morgan fingerprint density at radius 2 is 1.47 bits per heavy atom. The van der Waals surface area contributed by atoms with E-state index in [1.807, 2.05) is 42.5 Å². The van der Waals surface area contributed by atoms with Gasteiger partial charge in [-0.3, -0.25) is 9.58 Å². The zero-order valence-corrected chi connectivity index (χ0v) is 20.9. The van der Waals surface area contributed by atoms with Crippen molar-refractivity contribution in [1.29, 1.82) is 0 Å². The van der Waals surface area contributed by atoms with Crippen molar-refractivity contribution in [3.8, 4) is 22.8 Å². The Morgan fingerprint density at radius 1 is 0.806 bits per heavy atom. The molecule has 36 heavy (non-hydrogen) atoms. The highest BCUT2D eigenvalue weighted by molar-refractivity contribution is 6.00. The number of nitrogens with zero attached hydrogens (tertiary/aromatic N) is 5. The summed E-state index contributed by atoms with van der Waals surface area (Å²) in [6.07, 6.45) is 6.51. The van der Waals surface area contributed by atoms with Crippen LogP contribution >= 0.6 is 0 Å². The van der Waals surface area contributed by atoms with Gasteiger partial charge in [-0.25, -0.2) is 4.98 Å². The van der Waals surface area contributed by atoms with E-state index in [9.17, 15) is 0 Å². The number of anilines is 1. The molecule has 0 radical (unpaired) electrons. The van der Waals surface area contributed by atoms with Gasteiger partial charge in [-0.05, 0) is 75.2 Å². The number of para-hydroxylation sites is 1. The third-order valence-corrected chi connectivity index (χ3v) is 7.82. The highest BCUT2D eigenvalue weighted by Crippen LogP contribution is 2.38. The van der Waals surface area contributed by atoms with E-state index in [2.05, 4.69) is 44.7 Å². The van der Waals surface area contributed by atoms with Gasteiger partial charge in [0, 0.05) is 44.0 Å². The summed E-state index contributed by atoms with van der Waals surface area (Å²) in [5.41, 5.74) is 9.38. The van der Waals surface area contributed by atoms with Gasteiger partial charge in [-0.1, -0.05) is 18.2 Å². The Labute approximate surface area is 212 Å². The van der Waals surface area contributed by atoms with E-state index in [4.69, 9.17) is 15.6 Å². The van der Waals surface area contributed by atoms with Gasteiger partial charge in [-0.15, -0.1) is 0 Å². The van der Waals surface area contributed by atoms with Gasteiger partial charge in [0.1, 0.15) is 23.0 Å². The van der Waals surface area contributed by atoms with Crippen LogP contribution in [0.4, 0.5) is 5.82 Å². The zero-order valence-electron chi connectivity index (χ0n) is 20.9. The number of rotatable bonds is 5. The molecule has 0 bridgehead atoms. The predicted octanol–water partition coefficient (Wildman–Crippen LogP) is 5.20. The molecule has 1 aliphatic heterocycles. The first-order chi connectivity index (χ1) is 17.7. The van der Waals surface area contributed by atoms with Crippen LogP contribution in [0, 0.1) is 0 Å². The number of pyridine rings is 1. The topological polar surface area (TPSA) is 72.4 Å². The summed E-state index contributed by atoms with van der Waals surface area (Å²) in [4.78, 5) is 9.52. The van der Waals surface area contributed by atoms with Crippen LogP contribution in [-0.2, 0) is 0 Å². The quantitative estimate of drug-likeness (QED) is 0.421. The van der Waals surface area contributed by atoms with Gasteiger partial charge in [0.15, 0.2) is 0 Å². The molecule has 6 rings (SSSR count). The van der Waals surface area contributed by atoms with E-state index in [1.54, 1.807) is 6.20 Å². The van der Waals surface area contributed by atoms with Gasteiger partial charge in [0.2, 0.25) is 0 Å². The van der Waals surface area contributed by atoms with E-state index in [0.29, 0.717) is 17.9 Å². The van der Waals surface area contributed by atoms with Crippen LogP contribution < -0.4 is 10.5 Å². The number of hydrogen-bond donors (Lipinski definition) is 1. The first-order valence-corrected chi connectivity index (χ1v) is 13.0. The van der Waals surface area contributed by atoms with Crippen molar-refractivity contribution in [2.45, 2.75) is 37.8 Å². The summed E-state index contributed by atoms with van der Waals surface area (Å²) in [5.74, 6) is 2.15. The molecule has 0 spiro atoms. The van der Waals surface area contributed by atoms with Crippen LogP contribution in [0.3, 0.4) is 0 Å². The molecule has 1 saturated heterocycles. The van der Waals surface area contributed by atoms with Gasteiger partial charge >= 0.3 is 0 Å². The first kappa shape index (κ1) is 23.0. The predicted molar refractivity (Wildman–Crippen MR) is 144 cm³/mol. The summed E-state index contributed by atoms with van der Waals surface area (Å²) in [6, 6.07) is 21.0. The van der Waals surface area contributed by atoms with E-state index in [0.717, 1.165) is 46.5 Å². The van der Waals surface area contributed by atoms with Crippen LogP contribution in [0.1, 0.15) is 31.7 Å². The number of nitrogens with two attached hydrogens (primary N) is 1. The van der Waals surface area contributed by atoms with Gasteiger partial charge < -0.3 is 15.4 Å². The number of ether oxygens (including phenoxy) is 1. The van der Waals surface area contributed by atoms with Crippen molar-refractivity contribution in [2.75, 3.05) is 39.0 Å². The van der Waals surface area contributed by atoms with Crippen molar-refractivity contribution < 1.29 is 4.74 Å². The second-order valence-electron chi connectivity index (χ2n) is 10.1. The van der Waals surface area contributed by atoms with Crippen LogP contribution in [0.15, 0.2) is 66.9 Å². The lowest BCUT2D eigenvalue weighted by Crippen LogP contribution is -2.49. The van der Waals surface area contributed by atoms with Crippen molar-refractivity contribution in [3.05, 3.63) is 66.9 Å². The molecular weight excluding hydrogens is 448 g/mol. The normalized spacial score (nSPS) is 21.6. The molecule has 186 valence electrons. The molecule has 2 N–H and O–H groups in total. The molecular formula is C29H34N6O. The van der Waals surface area contributed by atoms with Crippen molar-refractivity contribution >= 4 is 16.7 Å². The summed E-state index contributed by atoms with van der Waals surface area (Å²) in [6.45, 7) is 4.73. The van der Waals surface area contributed by atoms with Gasteiger partial charge in [-0.2, -0.15) is 5.10 Å². The fourth-order valence-corrected chi connectivity index (χ4v) is 5.75. The van der Waals surface area contributed by atoms with Crippen molar-refractivity contribution in [1.82, 2.24) is 24.6 Å². The van der Waals surface area contributed by atoms with E-state index in [1.165, 1.54) is 39.0 Å². The highest BCUT2D eigenvalue weighted by Gasteiger charge is 2.30. The first-order valence-electron chi connectivity index (χ1n) is 13.0. The molecule has 7 nitrogen and oxygen atoms in total. The lowest BCUT2D eigenvalue weighted by atomic mass is 9.89. The molecule has 0 unspecified atom stereocenters. The minimum atomic E-state index is 0.382. The monoisotopic (exact) mass is 482 g/mol. The average molecular weight is 483 g/mol. The number of nitrogen functional groups attached to an aromatic ring is 1. The minimum absolute atomic E-state index is 0.382. The SMILES string of the molecule is CN1CCN([C@H]2CC[C@H](n3nc(-c4ccc(Oc5ccccc5)cc4)c4c(N)nccc43)CC2)CC1. The van der Waals surface area contributed by atoms with Crippen LogP contribution in [0.5, 0.6) is 11.5 Å². The second-order valence-corrected chi connectivity index (χ2v) is 10.1. The Balaban J connectivity index is 1.24. The molecule has 1 aliphatic carbocycles. The Bertz CT molecular complexity index is 1300. The Kier molecular flexibility index (Phi) is 6.34. The highest BCUT2D eigenvalue weighted by atomic mass is 16.5. The second kappa shape index (κ2) is 9.91. The number of aromatic nitrogens is 3. The molecule has 3 heterocycles.